The molecule has 4 rings (SSSR count). The second kappa shape index (κ2) is 6.17. The summed E-state index contributed by atoms with van der Waals surface area (Å²) in [6.45, 7) is 5.04. The van der Waals surface area contributed by atoms with Crippen LogP contribution in [0.3, 0.4) is 0 Å². The molecule has 2 aliphatic carbocycles. The maximum atomic E-state index is 6.50. The first-order valence-electron chi connectivity index (χ1n) is 9.45. The van der Waals surface area contributed by atoms with Crippen LogP contribution in [0, 0.1) is 5.92 Å². The molecule has 2 atom stereocenters. The highest BCUT2D eigenvalue weighted by atomic mass is 16.5. The molecular weight excluding hydrogens is 260 g/mol. The average Bonchev–Trinajstić information content (AvgIpc) is 3.10. The van der Waals surface area contributed by atoms with E-state index in [1.165, 1.54) is 90.4 Å². The van der Waals surface area contributed by atoms with Crippen molar-refractivity contribution in [3.05, 3.63) is 0 Å². The van der Waals surface area contributed by atoms with Gasteiger partial charge in [0.05, 0.1) is 11.7 Å². The summed E-state index contributed by atoms with van der Waals surface area (Å²) in [7, 11) is 0. The Morgan fingerprint density at radius 3 is 2.67 bits per heavy atom. The second-order valence-electron chi connectivity index (χ2n) is 8.12. The lowest BCUT2D eigenvalue weighted by atomic mass is 9.96. The number of nitrogens with one attached hydrogen (secondary N) is 1. The minimum absolute atomic E-state index is 0.313. The molecule has 0 bridgehead atoms. The smallest absolute Gasteiger partial charge is 0.0710 e. The Bertz CT molecular complexity index is 349. The number of hydrogen-bond donors (Lipinski definition) is 1. The Hall–Kier alpha value is -0.120. The Balaban J connectivity index is 1.22. The van der Waals surface area contributed by atoms with E-state index in [4.69, 9.17) is 4.74 Å². The highest BCUT2D eigenvalue weighted by Crippen LogP contribution is 2.43. The van der Waals surface area contributed by atoms with E-state index in [0.717, 1.165) is 12.0 Å². The molecule has 2 saturated carbocycles. The van der Waals surface area contributed by atoms with Gasteiger partial charge in [0, 0.05) is 19.1 Å². The molecule has 0 radical (unpaired) electrons. The van der Waals surface area contributed by atoms with Gasteiger partial charge in [0.2, 0.25) is 0 Å². The molecule has 120 valence electrons. The first kappa shape index (κ1) is 14.5. The lowest BCUT2D eigenvalue weighted by molar-refractivity contribution is -0.0505. The van der Waals surface area contributed by atoms with Gasteiger partial charge in [-0.15, -0.1) is 0 Å². The van der Waals surface area contributed by atoms with Crippen molar-refractivity contribution < 1.29 is 4.74 Å². The summed E-state index contributed by atoms with van der Waals surface area (Å²) in [6.07, 6.45) is 14.2. The van der Waals surface area contributed by atoms with E-state index in [9.17, 15) is 0 Å². The number of nitrogens with zero attached hydrogens (tertiary/aromatic N) is 1. The van der Waals surface area contributed by atoms with E-state index in [-0.39, 0.29) is 0 Å². The molecule has 1 N–H and O–H groups in total. The van der Waals surface area contributed by atoms with E-state index in [1.807, 2.05) is 0 Å². The molecule has 3 heteroatoms. The van der Waals surface area contributed by atoms with Gasteiger partial charge in [0.25, 0.3) is 0 Å². The molecule has 2 heterocycles. The highest BCUT2D eigenvalue weighted by Gasteiger charge is 2.42. The highest BCUT2D eigenvalue weighted by molar-refractivity contribution is 4.94. The van der Waals surface area contributed by atoms with Gasteiger partial charge in [0.1, 0.15) is 0 Å². The molecule has 0 aromatic rings. The van der Waals surface area contributed by atoms with Crippen LogP contribution < -0.4 is 5.32 Å². The standard InChI is InChI=1S/C18H32N2O/c1-2-9-18(8-1)10-7-17(21-18)14-20-11-3-4-15(13-20)12-19-16-5-6-16/h15-17,19H,1-14H2. The molecule has 1 spiro atoms. The molecule has 2 unspecified atom stereocenters. The minimum atomic E-state index is 0.313. The normalized spacial score (nSPS) is 36.6. The molecule has 4 fully saturated rings. The van der Waals surface area contributed by atoms with Crippen LogP contribution in [0.25, 0.3) is 0 Å². The average molecular weight is 292 g/mol. The zero-order valence-corrected chi connectivity index (χ0v) is 13.5. The third-order valence-corrected chi connectivity index (χ3v) is 6.19. The number of rotatable bonds is 5. The van der Waals surface area contributed by atoms with Gasteiger partial charge in [-0.1, -0.05) is 12.8 Å². The van der Waals surface area contributed by atoms with E-state index in [0.29, 0.717) is 11.7 Å². The van der Waals surface area contributed by atoms with Crippen molar-refractivity contribution in [2.45, 2.75) is 82.0 Å². The third kappa shape index (κ3) is 3.62. The van der Waals surface area contributed by atoms with Crippen LogP contribution in [0.5, 0.6) is 0 Å². The lowest BCUT2D eigenvalue weighted by Crippen LogP contribution is -2.43. The molecule has 3 nitrogen and oxygen atoms in total. The summed E-state index contributed by atoms with van der Waals surface area (Å²) >= 11 is 0. The Kier molecular flexibility index (Phi) is 4.25. The summed E-state index contributed by atoms with van der Waals surface area (Å²) in [5, 5.41) is 3.72. The van der Waals surface area contributed by atoms with Gasteiger partial charge in [-0.3, -0.25) is 0 Å². The van der Waals surface area contributed by atoms with Crippen molar-refractivity contribution in [2.24, 2.45) is 5.92 Å². The van der Waals surface area contributed by atoms with Crippen LogP contribution >= 0.6 is 0 Å². The number of ether oxygens (including phenoxy) is 1. The largest absolute Gasteiger partial charge is 0.370 e. The zero-order valence-electron chi connectivity index (χ0n) is 13.5. The van der Waals surface area contributed by atoms with Crippen LogP contribution in [-0.4, -0.2) is 48.8 Å². The molecule has 21 heavy (non-hydrogen) atoms. The summed E-state index contributed by atoms with van der Waals surface area (Å²) in [5.41, 5.74) is 0.313. The van der Waals surface area contributed by atoms with E-state index >= 15 is 0 Å². The predicted octanol–water partition coefficient (Wildman–Crippen LogP) is 2.94. The third-order valence-electron chi connectivity index (χ3n) is 6.19. The topological polar surface area (TPSA) is 24.5 Å². The van der Waals surface area contributed by atoms with Crippen molar-refractivity contribution in [2.75, 3.05) is 26.2 Å². The molecular formula is C18H32N2O. The maximum Gasteiger partial charge on any atom is 0.0710 e. The van der Waals surface area contributed by atoms with Crippen LogP contribution in [0.4, 0.5) is 0 Å². The molecule has 0 aromatic carbocycles. The Labute approximate surface area is 129 Å². The Morgan fingerprint density at radius 1 is 1.00 bits per heavy atom. The summed E-state index contributed by atoms with van der Waals surface area (Å²) < 4.78 is 6.50. The predicted molar refractivity (Wildman–Crippen MR) is 85.5 cm³/mol. The molecule has 0 amide bonds. The van der Waals surface area contributed by atoms with Crippen LogP contribution in [0.15, 0.2) is 0 Å². The molecule has 2 aliphatic heterocycles. The van der Waals surface area contributed by atoms with Gasteiger partial charge >= 0.3 is 0 Å². The fourth-order valence-electron chi connectivity index (χ4n) is 4.80. The molecule has 4 aliphatic rings. The van der Waals surface area contributed by atoms with Crippen molar-refractivity contribution >= 4 is 0 Å². The van der Waals surface area contributed by atoms with E-state index < -0.39 is 0 Å². The van der Waals surface area contributed by atoms with Gasteiger partial charge in [-0.25, -0.2) is 0 Å². The second-order valence-corrected chi connectivity index (χ2v) is 8.12. The van der Waals surface area contributed by atoms with Gasteiger partial charge in [-0.05, 0) is 70.4 Å². The number of piperidine rings is 1. The fourth-order valence-corrected chi connectivity index (χ4v) is 4.80. The SMILES string of the molecule is C1CC(CNC2CC2)CN(CC2CCC3(CCCC3)O2)C1. The van der Waals surface area contributed by atoms with Gasteiger partial charge in [0.15, 0.2) is 0 Å². The summed E-state index contributed by atoms with van der Waals surface area (Å²) in [6, 6.07) is 0.862. The quantitative estimate of drug-likeness (QED) is 0.843. The van der Waals surface area contributed by atoms with Crippen molar-refractivity contribution in [1.29, 1.82) is 0 Å². The maximum absolute atomic E-state index is 6.50. The summed E-state index contributed by atoms with van der Waals surface area (Å²) in [4.78, 5) is 2.70. The van der Waals surface area contributed by atoms with Gasteiger partial charge in [-0.2, -0.15) is 0 Å². The Morgan fingerprint density at radius 2 is 1.86 bits per heavy atom. The monoisotopic (exact) mass is 292 g/mol. The van der Waals surface area contributed by atoms with E-state index in [1.54, 1.807) is 0 Å². The van der Waals surface area contributed by atoms with Crippen molar-refractivity contribution in [3.63, 3.8) is 0 Å². The lowest BCUT2D eigenvalue weighted by Gasteiger charge is -2.35. The van der Waals surface area contributed by atoms with Crippen LogP contribution in [-0.2, 0) is 4.74 Å². The first-order valence-corrected chi connectivity index (χ1v) is 9.45. The zero-order chi connectivity index (χ0) is 14.1. The fraction of sp³-hybridized carbons (Fsp3) is 1.00. The van der Waals surface area contributed by atoms with Crippen molar-refractivity contribution in [3.8, 4) is 0 Å². The number of hydrogen-bond acceptors (Lipinski definition) is 3. The molecule has 0 aromatic heterocycles. The first-order chi connectivity index (χ1) is 10.3. The van der Waals surface area contributed by atoms with Gasteiger partial charge < -0.3 is 15.0 Å². The van der Waals surface area contributed by atoms with Crippen LogP contribution in [0.1, 0.15) is 64.2 Å². The minimum Gasteiger partial charge on any atom is -0.370 e. The molecule has 2 saturated heterocycles. The van der Waals surface area contributed by atoms with Crippen LogP contribution in [0.2, 0.25) is 0 Å². The van der Waals surface area contributed by atoms with E-state index in [2.05, 4.69) is 10.2 Å². The summed E-state index contributed by atoms with van der Waals surface area (Å²) in [5.74, 6) is 0.876. The van der Waals surface area contributed by atoms with Crippen molar-refractivity contribution in [1.82, 2.24) is 10.2 Å². The number of likely N-dealkylation sites (tertiary alicyclic amines) is 1.